The fourth-order valence-corrected chi connectivity index (χ4v) is 1.95. The van der Waals surface area contributed by atoms with E-state index >= 15 is 0 Å². The van der Waals surface area contributed by atoms with E-state index in [4.69, 9.17) is 4.74 Å². The molecular weight excluding hydrogens is 234 g/mol. The molecule has 18 heavy (non-hydrogen) atoms. The number of hydrogen-bond donors (Lipinski definition) is 3. The number of rotatable bonds is 3. The number of nitrogens with zero attached hydrogens (tertiary/aromatic N) is 1. The van der Waals surface area contributed by atoms with Crippen LogP contribution in [0.15, 0.2) is 12.1 Å². The van der Waals surface area contributed by atoms with Crippen molar-refractivity contribution in [2.45, 2.75) is 13.0 Å². The number of aromatic nitrogens is 1. The molecule has 1 aliphatic heterocycles. The first-order chi connectivity index (χ1) is 8.61. The number of nitrogens with one attached hydrogen (secondary N) is 2. The Morgan fingerprint density at radius 1 is 1.50 bits per heavy atom. The van der Waals surface area contributed by atoms with Crippen LogP contribution in [0.1, 0.15) is 5.69 Å². The van der Waals surface area contributed by atoms with Crippen molar-refractivity contribution >= 4 is 11.7 Å². The summed E-state index contributed by atoms with van der Waals surface area (Å²) in [5, 5.41) is 15.3. The van der Waals surface area contributed by atoms with Gasteiger partial charge in [0.25, 0.3) is 0 Å². The minimum absolute atomic E-state index is 0.00282. The van der Waals surface area contributed by atoms with Crippen LogP contribution in [0.25, 0.3) is 0 Å². The highest BCUT2D eigenvalue weighted by atomic mass is 16.5. The second-order valence-corrected chi connectivity index (χ2v) is 4.35. The summed E-state index contributed by atoms with van der Waals surface area (Å²) in [5.74, 6) is -0.299. The van der Waals surface area contributed by atoms with Crippen LogP contribution in [-0.2, 0) is 9.53 Å². The van der Waals surface area contributed by atoms with Gasteiger partial charge >= 0.3 is 0 Å². The van der Waals surface area contributed by atoms with Gasteiger partial charge in [0.05, 0.1) is 19.1 Å². The van der Waals surface area contributed by atoms with Crippen molar-refractivity contribution in [1.82, 2.24) is 10.3 Å². The third kappa shape index (κ3) is 2.60. The summed E-state index contributed by atoms with van der Waals surface area (Å²) in [6.07, 6.45) is 0. The van der Waals surface area contributed by atoms with Gasteiger partial charge < -0.3 is 20.5 Å². The molecule has 0 bridgehead atoms. The van der Waals surface area contributed by atoms with Crippen LogP contribution in [0.4, 0.5) is 5.82 Å². The molecule has 1 aliphatic rings. The Morgan fingerprint density at radius 3 is 3.00 bits per heavy atom. The molecule has 0 spiro atoms. The third-order valence-electron chi connectivity index (χ3n) is 3.04. The molecule has 2 unspecified atom stereocenters. The van der Waals surface area contributed by atoms with Gasteiger partial charge in [0.2, 0.25) is 5.91 Å². The molecule has 0 aromatic carbocycles. The zero-order valence-electron chi connectivity index (χ0n) is 10.4. The molecule has 0 aliphatic carbocycles. The molecule has 98 valence electrons. The Balaban J connectivity index is 2.09. The van der Waals surface area contributed by atoms with Crippen LogP contribution in [0, 0.1) is 12.8 Å². The number of likely N-dealkylation sites (N-methyl/N-ethyl adjacent to an activating group) is 1. The first-order valence-electron chi connectivity index (χ1n) is 5.84. The number of ether oxygens (including phenoxy) is 1. The highest BCUT2D eigenvalue weighted by molar-refractivity contribution is 5.93. The van der Waals surface area contributed by atoms with Crippen LogP contribution in [0.5, 0.6) is 5.75 Å². The molecule has 1 aromatic rings. The van der Waals surface area contributed by atoms with Gasteiger partial charge in [-0.1, -0.05) is 0 Å². The second kappa shape index (κ2) is 5.32. The van der Waals surface area contributed by atoms with Gasteiger partial charge in [-0.2, -0.15) is 0 Å². The Bertz CT molecular complexity index is 450. The first kappa shape index (κ1) is 12.8. The third-order valence-corrected chi connectivity index (χ3v) is 3.04. The summed E-state index contributed by atoms with van der Waals surface area (Å²) >= 11 is 0. The smallest absolute Gasteiger partial charge is 0.232 e. The summed E-state index contributed by atoms with van der Waals surface area (Å²) in [5.41, 5.74) is 0.732. The van der Waals surface area contributed by atoms with E-state index in [1.165, 1.54) is 6.07 Å². The highest BCUT2D eigenvalue weighted by Crippen LogP contribution is 2.22. The molecule has 6 nitrogen and oxygen atoms in total. The predicted molar refractivity (Wildman–Crippen MR) is 66.4 cm³/mol. The van der Waals surface area contributed by atoms with Crippen molar-refractivity contribution in [1.29, 1.82) is 0 Å². The number of aryl methyl sites for hydroxylation is 1. The maximum Gasteiger partial charge on any atom is 0.232 e. The highest BCUT2D eigenvalue weighted by Gasteiger charge is 2.33. The fraction of sp³-hybridized carbons (Fsp3) is 0.500. The van der Waals surface area contributed by atoms with Gasteiger partial charge in [0, 0.05) is 11.7 Å². The number of anilines is 1. The van der Waals surface area contributed by atoms with Crippen LogP contribution in [-0.4, -0.2) is 42.3 Å². The zero-order valence-corrected chi connectivity index (χ0v) is 10.4. The molecule has 0 saturated carbocycles. The second-order valence-electron chi connectivity index (χ2n) is 4.35. The van der Waals surface area contributed by atoms with E-state index in [0.29, 0.717) is 13.2 Å². The predicted octanol–water partition coefficient (Wildman–Crippen LogP) is 0.269. The lowest BCUT2D eigenvalue weighted by Crippen LogP contribution is -2.39. The summed E-state index contributed by atoms with van der Waals surface area (Å²) < 4.78 is 5.27. The van der Waals surface area contributed by atoms with Gasteiger partial charge in [-0.15, -0.1) is 0 Å². The Labute approximate surface area is 105 Å². The van der Waals surface area contributed by atoms with E-state index in [-0.39, 0.29) is 29.4 Å². The van der Waals surface area contributed by atoms with Crippen molar-refractivity contribution in [3.63, 3.8) is 0 Å². The molecule has 2 atom stereocenters. The molecule has 2 heterocycles. The van der Waals surface area contributed by atoms with E-state index in [9.17, 15) is 9.90 Å². The molecule has 0 radical (unpaired) electrons. The molecule has 3 N–H and O–H groups in total. The molecule has 6 heteroatoms. The van der Waals surface area contributed by atoms with E-state index < -0.39 is 0 Å². The van der Waals surface area contributed by atoms with Crippen LogP contribution >= 0.6 is 0 Å². The molecule has 2 rings (SSSR count). The number of carbonyl (C=O) groups is 1. The van der Waals surface area contributed by atoms with E-state index in [1.54, 1.807) is 20.0 Å². The normalized spacial score (nSPS) is 23.0. The van der Waals surface area contributed by atoms with Gasteiger partial charge in [-0.3, -0.25) is 4.79 Å². The summed E-state index contributed by atoms with van der Waals surface area (Å²) in [6.45, 7) is 2.69. The summed E-state index contributed by atoms with van der Waals surface area (Å²) in [7, 11) is 1.79. The maximum atomic E-state index is 12.1. The lowest BCUT2D eigenvalue weighted by Gasteiger charge is -2.16. The van der Waals surface area contributed by atoms with Gasteiger partial charge in [0.15, 0.2) is 11.6 Å². The van der Waals surface area contributed by atoms with Crippen LogP contribution < -0.4 is 10.6 Å². The van der Waals surface area contributed by atoms with E-state index in [0.717, 1.165) is 5.69 Å². The number of amides is 1. The van der Waals surface area contributed by atoms with Crippen LogP contribution in [0.3, 0.4) is 0 Å². The number of aromatic hydroxyl groups is 1. The maximum absolute atomic E-state index is 12.1. The number of carbonyl (C=O) groups excluding carboxylic acids is 1. The van der Waals surface area contributed by atoms with E-state index in [2.05, 4.69) is 15.6 Å². The molecule has 1 amide bonds. The Kier molecular flexibility index (Phi) is 3.78. The zero-order chi connectivity index (χ0) is 13.1. The molecule has 1 aromatic heterocycles. The van der Waals surface area contributed by atoms with Crippen LogP contribution in [0.2, 0.25) is 0 Å². The van der Waals surface area contributed by atoms with Crippen molar-refractivity contribution < 1.29 is 14.6 Å². The van der Waals surface area contributed by atoms with E-state index in [1.807, 2.05) is 0 Å². The Hall–Kier alpha value is -1.66. The minimum Gasteiger partial charge on any atom is -0.504 e. The van der Waals surface area contributed by atoms with Gasteiger partial charge in [-0.25, -0.2) is 4.98 Å². The SMILES string of the molecule is CNC1COCC1C(=O)Nc1nc(C)ccc1O. The first-order valence-corrected chi connectivity index (χ1v) is 5.84. The average molecular weight is 251 g/mol. The van der Waals surface area contributed by atoms with Gasteiger partial charge in [-0.05, 0) is 26.1 Å². The molecule has 1 fully saturated rings. The lowest BCUT2D eigenvalue weighted by molar-refractivity contribution is -0.120. The van der Waals surface area contributed by atoms with Crippen molar-refractivity contribution in [3.8, 4) is 5.75 Å². The topological polar surface area (TPSA) is 83.5 Å². The number of pyridine rings is 1. The average Bonchev–Trinajstić information content (AvgIpc) is 2.82. The fourth-order valence-electron chi connectivity index (χ4n) is 1.95. The Morgan fingerprint density at radius 2 is 2.28 bits per heavy atom. The molecule has 1 saturated heterocycles. The number of hydrogen-bond acceptors (Lipinski definition) is 5. The quantitative estimate of drug-likeness (QED) is 0.718. The van der Waals surface area contributed by atoms with Crippen molar-refractivity contribution in [2.24, 2.45) is 5.92 Å². The van der Waals surface area contributed by atoms with Crippen molar-refractivity contribution in [3.05, 3.63) is 17.8 Å². The monoisotopic (exact) mass is 251 g/mol. The largest absolute Gasteiger partial charge is 0.504 e. The lowest BCUT2D eigenvalue weighted by atomic mass is 10.0. The summed E-state index contributed by atoms with van der Waals surface area (Å²) in [6, 6.07) is 3.19. The van der Waals surface area contributed by atoms with Crippen molar-refractivity contribution in [2.75, 3.05) is 25.6 Å². The molecular formula is C12H17N3O3. The standard InChI is InChI=1S/C12H17N3O3/c1-7-3-4-10(16)11(14-7)15-12(17)8-5-18-6-9(8)13-2/h3-4,8-9,13,16H,5-6H2,1-2H3,(H,14,15,17). The van der Waals surface area contributed by atoms with Gasteiger partial charge in [0.1, 0.15) is 0 Å². The minimum atomic E-state index is -0.267. The summed E-state index contributed by atoms with van der Waals surface area (Å²) in [4.78, 5) is 16.2.